The van der Waals surface area contributed by atoms with Crippen LogP contribution in [0.3, 0.4) is 0 Å². The molecule has 3 heterocycles. The molecule has 0 bridgehead atoms. The Bertz CT molecular complexity index is 1450. The van der Waals surface area contributed by atoms with Crippen LogP contribution >= 0.6 is 0 Å². The number of ketones is 1. The van der Waals surface area contributed by atoms with Gasteiger partial charge < -0.3 is 39.8 Å². The van der Waals surface area contributed by atoms with Crippen molar-refractivity contribution in [1.29, 1.82) is 0 Å². The van der Waals surface area contributed by atoms with Crippen molar-refractivity contribution in [1.82, 2.24) is 0 Å². The first-order valence-electron chi connectivity index (χ1n) is 11.2. The molecular weight excluding hydrogens is 484 g/mol. The molecule has 6 rings (SSSR count). The fourth-order valence-corrected chi connectivity index (χ4v) is 4.38. The van der Waals surface area contributed by atoms with Crippen LogP contribution in [-0.2, 0) is 15.2 Å². The molecule has 11 nitrogen and oxygen atoms in total. The van der Waals surface area contributed by atoms with E-state index >= 15 is 0 Å². The van der Waals surface area contributed by atoms with Crippen LogP contribution in [0.25, 0.3) is 0 Å². The highest BCUT2D eigenvalue weighted by molar-refractivity contribution is 6.51. The summed E-state index contributed by atoms with van der Waals surface area (Å²) in [5, 5.41) is 26.9. The first-order valence-corrected chi connectivity index (χ1v) is 11.2. The number of rotatable bonds is 3. The molecule has 0 aromatic heterocycles. The summed E-state index contributed by atoms with van der Waals surface area (Å²) in [5.41, 5.74) is -0.574. The Kier molecular flexibility index (Phi) is 5.84. The monoisotopic (exact) mass is 506 g/mol. The number of ether oxygens (including phenoxy) is 4. The Morgan fingerprint density at radius 1 is 0.892 bits per heavy atom. The van der Waals surface area contributed by atoms with Gasteiger partial charge in [0.1, 0.15) is 30.5 Å². The summed E-state index contributed by atoms with van der Waals surface area (Å²) in [7, 11) is 2.90. The zero-order valence-electron chi connectivity index (χ0n) is 19.8. The van der Waals surface area contributed by atoms with Crippen LogP contribution in [0, 0.1) is 0 Å². The Morgan fingerprint density at radius 2 is 1.59 bits per heavy atom. The number of carbonyl (C=O) groups excluding carboxylic acids is 3. The van der Waals surface area contributed by atoms with Crippen molar-refractivity contribution in [2.45, 2.75) is 5.60 Å². The van der Waals surface area contributed by atoms with Gasteiger partial charge in [-0.3, -0.25) is 14.4 Å². The second kappa shape index (κ2) is 9.03. The highest BCUT2D eigenvalue weighted by Crippen LogP contribution is 2.51. The number of amides is 2. The van der Waals surface area contributed by atoms with Crippen molar-refractivity contribution in [3.63, 3.8) is 0 Å². The number of methoxy groups -OCH3 is 2. The summed E-state index contributed by atoms with van der Waals surface area (Å²) >= 11 is 0. The highest BCUT2D eigenvalue weighted by Gasteiger charge is 2.51. The van der Waals surface area contributed by atoms with E-state index in [1.807, 2.05) is 0 Å². The topological polar surface area (TPSA) is 153 Å². The maximum Gasteiger partial charge on any atom is 0.296 e. The minimum atomic E-state index is -2.16. The standard InChI is InChI=1S/C18H17NO7.C8H5NO2/c1-23-9-5-11-16(15(6-9)24-2)18(22,17(21)19-11)10-7-13-14(8-12(10)20)26-4-3-25-13;10-7-5-3-1-2-4-6(5)9-8(7)11/h5-8,20,22H,3-4H2,1-2H3,(H,19,21);1-4H,(H,9,10,11). The van der Waals surface area contributed by atoms with E-state index in [0.717, 1.165) is 0 Å². The quantitative estimate of drug-likeness (QED) is 0.392. The van der Waals surface area contributed by atoms with Crippen molar-refractivity contribution in [2.24, 2.45) is 0 Å². The number of para-hydroxylation sites is 1. The number of hydrogen-bond donors (Lipinski definition) is 4. The van der Waals surface area contributed by atoms with Crippen molar-refractivity contribution in [3.8, 4) is 28.7 Å². The minimum Gasteiger partial charge on any atom is -0.507 e. The van der Waals surface area contributed by atoms with E-state index in [4.69, 9.17) is 18.9 Å². The molecule has 3 aliphatic heterocycles. The van der Waals surface area contributed by atoms with Crippen LogP contribution in [0.15, 0.2) is 48.5 Å². The van der Waals surface area contributed by atoms with E-state index in [9.17, 15) is 24.6 Å². The van der Waals surface area contributed by atoms with Crippen molar-refractivity contribution >= 4 is 29.0 Å². The number of fused-ring (bicyclic) bond motifs is 3. The third kappa shape index (κ3) is 3.85. The number of phenolic OH excluding ortho intramolecular Hbond substituents is 1. The Morgan fingerprint density at radius 3 is 2.27 bits per heavy atom. The van der Waals surface area contributed by atoms with Gasteiger partial charge in [0.2, 0.25) is 5.60 Å². The van der Waals surface area contributed by atoms with Crippen LogP contribution in [0.4, 0.5) is 11.4 Å². The molecule has 190 valence electrons. The van der Waals surface area contributed by atoms with Crippen LogP contribution in [0.5, 0.6) is 28.7 Å². The number of benzene rings is 3. The average Bonchev–Trinajstić information content (AvgIpc) is 3.35. The lowest BCUT2D eigenvalue weighted by atomic mass is 9.85. The average molecular weight is 506 g/mol. The molecule has 0 saturated heterocycles. The summed E-state index contributed by atoms with van der Waals surface area (Å²) in [6.45, 7) is 0.686. The van der Waals surface area contributed by atoms with Crippen LogP contribution in [-0.4, -0.2) is 55.2 Å². The summed E-state index contributed by atoms with van der Waals surface area (Å²) in [6, 6.07) is 12.7. The van der Waals surface area contributed by atoms with Crippen LogP contribution in [0.2, 0.25) is 0 Å². The molecule has 0 aliphatic carbocycles. The second-order valence-electron chi connectivity index (χ2n) is 8.26. The van der Waals surface area contributed by atoms with Crippen LogP contribution < -0.4 is 29.6 Å². The molecular formula is C26H22N2O9. The van der Waals surface area contributed by atoms with Gasteiger partial charge in [-0.05, 0) is 18.2 Å². The molecule has 0 radical (unpaired) electrons. The molecule has 4 N–H and O–H groups in total. The van der Waals surface area contributed by atoms with Gasteiger partial charge >= 0.3 is 0 Å². The second-order valence-corrected chi connectivity index (χ2v) is 8.26. The molecule has 0 saturated carbocycles. The van der Waals surface area contributed by atoms with Gasteiger partial charge in [-0.1, -0.05) is 12.1 Å². The maximum atomic E-state index is 12.7. The number of aliphatic hydroxyl groups is 1. The summed E-state index contributed by atoms with van der Waals surface area (Å²) in [4.78, 5) is 34.5. The predicted molar refractivity (Wildman–Crippen MR) is 130 cm³/mol. The summed E-state index contributed by atoms with van der Waals surface area (Å²) in [6.07, 6.45) is 0. The Labute approximate surface area is 210 Å². The van der Waals surface area contributed by atoms with Gasteiger partial charge in [0.15, 0.2) is 11.5 Å². The lowest BCUT2D eigenvalue weighted by Crippen LogP contribution is -2.36. The van der Waals surface area contributed by atoms with Crippen molar-refractivity contribution < 1.29 is 43.5 Å². The zero-order valence-corrected chi connectivity index (χ0v) is 19.8. The molecule has 0 spiro atoms. The maximum absolute atomic E-state index is 12.7. The third-order valence-corrected chi connectivity index (χ3v) is 6.15. The zero-order chi connectivity index (χ0) is 26.3. The first-order chi connectivity index (χ1) is 17.8. The number of hydrogen-bond acceptors (Lipinski definition) is 9. The van der Waals surface area contributed by atoms with Gasteiger partial charge in [0.25, 0.3) is 17.6 Å². The largest absolute Gasteiger partial charge is 0.507 e. The van der Waals surface area contributed by atoms with Crippen LogP contribution in [0.1, 0.15) is 21.5 Å². The van der Waals surface area contributed by atoms with E-state index in [0.29, 0.717) is 47.4 Å². The van der Waals surface area contributed by atoms with E-state index < -0.39 is 23.2 Å². The van der Waals surface area contributed by atoms with E-state index in [2.05, 4.69) is 10.6 Å². The molecule has 0 fully saturated rings. The van der Waals surface area contributed by atoms with Gasteiger partial charge in [0.05, 0.1) is 36.7 Å². The first kappa shape index (κ1) is 23.9. The summed E-state index contributed by atoms with van der Waals surface area (Å²) in [5.74, 6) is -0.603. The smallest absolute Gasteiger partial charge is 0.296 e. The van der Waals surface area contributed by atoms with Gasteiger partial charge in [-0.15, -0.1) is 0 Å². The molecule has 2 amide bonds. The SMILES string of the molecule is COc1cc2c(c(OC)c1)C(O)(c1cc3c(cc1O)OCCO3)C(=O)N2.O=C1Nc2ccccc2C1=O. The molecule has 3 aromatic carbocycles. The van der Waals surface area contributed by atoms with Gasteiger partial charge in [0, 0.05) is 23.8 Å². The molecule has 1 atom stereocenters. The molecule has 37 heavy (non-hydrogen) atoms. The Hall–Kier alpha value is -4.77. The number of nitrogens with one attached hydrogen (secondary N) is 2. The third-order valence-electron chi connectivity index (χ3n) is 6.15. The lowest BCUT2D eigenvalue weighted by molar-refractivity contribution is -0.130. The normalized spacial score (nSPS) is 18.6. The molecule has 1 unspecified atom stereocenters. The van der Waals surface area contributed by atoms with Crippen molar-refractivity contribution in [2.75, 3.05) is 38.1 Å². The number of phenols is 1. The molecule has 3 aromatic rings. The number of anilines is 2. The van der Waals surface area contributed by atoms with E-state index in [1.54, 1.807) is 36.4 Å². The number of carbonyl (C=O) groups is 3. The van der Waals surface area contributed by atoms with Gasteiger partial charge in [-0.25, -0.2) is 0 Å². The summed E-state index contributed by atoms with van der Waals surface area (Å²) < 4.78 is 21.5. The lowest BCUT2D eigenvalue weighted by Gasteiger charge is -2.26. The van der Waals surface area contributed by atoms with E-state index in [1.165, 1.54) is 26.4 Å². The number of Topliss-reactive ketones (excluding diaryl/α,β-unsaturated/α-hetero) is 1. The molecule has 3 aliphatic rings. The Balaban J connectivity index is 0.000000212. The highest BCUT2D eigenvalue weighted by atomic mass is 16.6. The predicted octanol–water partition coefficient (Wildman–Crippen LogP) is 2.19. The van der Waals surface area contributed by atoms with Gasteiger partial charge in [-0.2, -0.15) is 0 Å². The molecule has 11 heteroatoms. The fraction of sp³-hybridized carbons (Fsp3) is 0.192. The number of aromatic hydroxyl groups is 1. The minimum absolute atomic E-state index is 0.0264. The fourth-order valence-electron chi connectivity index (χ4n) is 4.38. The van der Waals surface area contributed by atoms with E-state index in [-0.39, 0.29) is 22.6 Å². The van der Waals surface area contributed by atoms with Crippen molar-refractivity contribution in [3.05, 3.63) is 65.2 Å².